The molecule has 0 amide bonds. The molecular weight excluding hydrogens is 164 g/mol. The second kappa shape index (κ2) is 2.39. The summed E-state index contributed by atoms with van der Waals surface area (Å²) in [6.07, 6.45) is 0. The van der Waals surface area contributed by atoms with Gasteiger partial charge in [0.1, 0.15) is 4.70 Å². The minimum Gasteiger partial charge on any atom is -0.479 e. The van der Waals surface area contributed by atoms with E-state index >= 15 is 0 Å². The molecule has 2 rings (SSSR count). The molecule has 55 valence electrons. The fourth-order valence-electron chi connectivity index (χ4n) is 0.699. The van der Waals surface area contributed by atoms with Gasteiger partial charge in [0.2, 0.25) is 5.65 Å². The van der Waals surface area contributed by atoms with Crippen LogP contribution in [0.3, 0.4) is 0 Å². The van der Waals surface area contributed by atoms with Crippen molar-refractivity contribution < 1.29 is 4.74 Å². The highest BCUT2D eigenvalue weighted by Crippen LogP contribution is 2.22. The van der Waals surface area contributed by atoms with E-state index in [9.17, 15) is 0 Å². The SMILES string of the molecule is COc1nnnc2n[c]sc12. The number of methoxy groups -OCH3 is 1. The molecule has 2 aromatic heterocycles. The van der Waals surface area contributed by atoms with Crippen LogP contribution in [-0.2, 0) is 0 Å². The lowest BCUT2D eigenvalue weighted by molar-refractivity contribution is 0.396. The molecule has 0 N–H and O–H groups in total. The first-order chi connectivity index (χ1) is 5.42. The van der Waals surface area contributed by atoms with E-state index < -0.39 is 0 Å². The predicted molar refractivity (Wildman–Crippen MR) is 38.4 cm³/mol. The molecule has 1 radical (unpaired) electrons. The van der Waals surface area contributed by atoms with Gasteiger partial charge in [0.25, 0.3) is 5.88 Å². The molecule has 0 aliphatic carbocycles. The third-order valence-corrected chi connectivity index (χ3v) is 1.91. The van der Waals surface area contributed by atoms with Crippen LogP contribution in [0.5, 0.6) is 5.88 Å². The van der Waals surface area contributed by atoms with Gasteiger partial charge in [0.05, 0.1) is 7.11 Å². The monoisotopic (exact) mass is 167 g/mol. The van der Waals surface area contributed by atoms with Crippen LogP contribution in [0.2, 0.25) is 0 Å². The van der Waals surface area contributed by atoms with Gasteiger partial charge in [-0.1, -0.05) is 5.10 Å². The van der Waals surface area contributed by atoms with E-state index in [-0.39, 0.29) is 0 Å². The minimum atomic E-state index is 0.453. The number of ether oxygens (including phenoxy) is 1. The van der Waals surface area contributed by atoms with Crippen LogP contribution in [-0.4, -0.2) is 27.5 Å². The first kappa shape index (κ1) is 6.41. The van der Waals surface area contributed by atoms with Crippen LogP contribution in [0.1, 0.15) is 0 Å². The number of hydrogen-bond donors (Lipinski definition) is 0. The Hall–Kier alpha value is -1.30. The molecule has 2 heterocycles. The van der Waals surface area contributed by atoms with E-state index in [4.69, 9.17) is 4.74 Å². The van der Waals surface area contributed by atoms with Gasteiger partial charge in [-0.3, -0.25) is 0 Å². The highest BCUT2D eigenvalue weighted by molar-refractivity contribution is 7.16. The second-order valence-electron chi connectivity index (χ2n) is 1.76. The molecule has 0 fully saturated rings. The quantitative estimate of drug-likeness (QED) is 0.611. The summed E-state index contributed by atoms with van der Waals surface area (Å²) in [6, 6.07) is 0. The summed E-state index contributed by atoms with van der Waals surface area (Å²) in [5, 5.41) is 10.8. The molecular formula is C5H3N4OS. The van der Waals surface area contributed by atoms with E-state index in [1.165, 1.54) is 18.4 Å². The van der Waals surface area contributed by atoms with Crippen molar-refractivity contribution in [1.29, 1.82) is 0 Å². The maximum atomic E-state index is 4.92. The summed E-state index contributed by atoms with van der Waals surface area (Å²) in [5.74, 6) is 0.453. The first-order valence-corrected chi connectivity index (χ1v) is 3.63. The predicted octanol–water partition coefficient (Wildman–Crippen LogP) is 0.290. The summed E-state index contributed by atoms with van der Waals surface area (Å²) in [4.78, 5) is 3.83. The zero-order chi connectivity index (χ0) is 7.68. The molecule has 6 heteroatoms. The third-order valence-electron chi connectivity index (χ3n) is 1.16. The lowest BCUT2D eigenvalue weighted by atomic mass is 10.6. The highest BCUT2D eigenvalue weighted by Gasteiger charge is 2.06. The van der Waals surface area contributed by atoms with Gasteiger partial charge in [-0.2, -0.15) is 0 Å². The molecule has 5 nitrogen and oxygen atoms in total. The largest absolute Gasteiger partial charge is 0.479 e. The van der Waals surface area contributed by atoms with Crippen LogP contribution in [0.25, 0.3) is 10.3 Å². The van der Waals surface area contributed by atoms with Gasteiger partial charge in [-0.15, -0.1) is 16.4 Å². The lowest BCUT2D eigenvalue weighted by Crippen LogP contribution is -1.92. The van der Waals surface area contributed by atoms with Gasteiger partial charge < -0.3 is 4.74 Å². The Bertz CT molecular complexity index is 373. The van der Waals surface area contributed by atoms with E-state index in [1.54, 1.807) is 0 Å². The van der Waals surface area contributed by atoms with Crippen LogP contribution in [0.15, 0.2) is 0 Å². The molecule has 0 aliphatic rings. The fourth-order valence-corrected chi connectivity index (χ4v) is 1.31. The molecule has 2 aromatic rings. The molecule has 0 bridgehead atoms. The van der Waals surface area contributed by atoms with Gasteiger partial charge >= 0.3 is 0 Å². The van der Waals surface area contributed by atoms with Crippen molar-refractivity contribution in [3.8, 4) is 5.88 Å². The van der Waals surface area contributed by atoms with Crippen molar-refractivity contribution in [2.24, 2.45) is 0 Å². The Morgan fingerprint density at radius 2 is 2.36 bits per heavy atom. The van der Waals surface area contributed by atoms with Crippen LogP contribution >= 0.6 is 11.3 Å². The zero-order valence-electron chi connectivity index (χ0n) is 5.61. The van der Waals surface area contributed by atoms with Crippen molar-refractivity contribution in [2.75, 3.05) is 7.11 Å². The van der Waals surface area contributed by atoms with Crippen molar-refractivity contribution in [2.45, 2.75) is 0 Å². The summed E-state index contributed by atoms with van der Waals surface area (Å²) in [7, 11) is 1.53. The summed E-state index contributed by atoms with van der Waals surface area (Å²) in [5.41, 5.74) is 3.21. The Morgan fingerprint density at radius 1 is 1.45 bits per heavy atom. The van der Waals surface area contributed by atoms with E-state index in [0.29, 0.717) is 11.5 Å². The van der Waals surface area contributed by atoms with Crippen LogP contribution < -0.4 is 4.74 Å². The van der Waals surface area contributed by atoms with Crippen LogP contribution in [0, 0.1) is 5.51 Å². The van der Waals surface area contributed by atoms with Gasteiger partial charge in [-0.25, -0.2) is 4.98 Å². The minimum absolute atomic E-state index is 0.453. The normalized spacial score (nSPS) is 10.3. The third kappa shape index (κ3) is 0.911. The number of nitrogens with zero attached hydrogens (tertiary/aromatic N) is 4. The maximum absolute atomic E-state index is 4.92. The molecule has 11 heavy (non-hydrogen) atoms. The van der Waals surface area contributed by atoms with E-state index in [2.05, 4.69) is 25.9 Å². The number of aromatic nitrogens is 4. The maximum Gasteiger partial charge on any atom is 0.256 e. The molecule has 0 atom stereocenters. The Labute approximate surface area is 66.0 Å². The summed E-state index contributed by atoms with van der Waals surface area (Å²) < 4.78 is 5.70. The number of thiazole rings is 1. The van der Waals surface area contributed by atoms with Crippen molar-refractivity contribution in [1.82, 2.24) is 20.4 Å². The summed E-state index contributed by atoms with van der Waals surface area (Å²) >= 11 is 1.31. The topological polar surface area (TPSA) is 60.8 Å². The highest BCUT2D eigenvalue weighted by atomic mass is 32.1. The van der Waals surface area contributed by atoms with Gasteiger partial charge in [0, 0.05) is 0 Å². The standard InChI is InChI=1S/C5H3N4OS/c1-10-5-3-4(6-2-11-3)7-9-8-5/h1H3. The molecule has 0 saturated heterocycles. The Morgan fingerprint density at radius 3 is 3.18 bits per heavy atom. The molecule has 0 aromatic carbocycles. The van der Waals surface area contributed by atoms with Gasteiger partial charge in [-0.05, 0) is 5.21 Å². The van der Waals surface area contributed by atoms with E-state index in [1.807, 2.05) is 0 Å². The first-order valence-electron chi connectivity index (χ1n) is 2.82. The molecule has 0 spiro atoms. The summed E-state index contributed by atoms with van der Waals surface area (Å²) in [6.45, 7) is 0. The number of fused-ring (bicyclic) bond motifs is 1. The Kier molecular flexibility index (Phi) is 1.39. The second-order valence-corrected chi connectivity index (χ2v) is 2.55. The van der Waals surface area contributed by atoms with Gasteiger partial charge in [0.15, 0.2) is 5.51 Å². The lowest BCUT2D eigenvalue weighted by Gasteiger charge is -1.93. The van der Waals surface area contributed by atoms with Crippen molar-refractivity contribution >= 4 is 21.7 Å². The number of rotatable bonds is 1. The smallest absolute Gasteiger partial charge is 0.256 e. The zero-order valence-corrected chi connectivity index (χ0v) is 6.42. The molecule has 0 aliphatic heterocycles. The van der Waals surface area contributed by atoms with Crippen molar-refractivity contribution in [3.63, 3.8) is 0 Å². The van der Waals surface area contributed by atoms with E-state index in [0.717, 1.165) is 4.70 Å². The number of hydrogen-bond acceptors (Lipinski definition) is 6. The Balaban J connectivity index is 2.79. The average molecular weight is 167 g/mol. The van der Waals surface area contributed by atoms with Crippen LogP contribution in [0.4, 0.5) is 0 Å². The molecule has 0 unspecified atom stereocenters. The molecule has 0 saturated carbocycles. The fraction of sp³-hybridized carbons (Fsp3) is 0.200. The average Bonchev–Trinajstić information content (AvgIpc) is 2.50. The van der Waals surface area contributed by atoms with Crippen molar-refractivity contribution in [3.05, 3.63) is 5.51 Å².